The van der Waals surface area contributed by atoms with Crippen molar-refractivity contribution < 1.29 is 30.6 Å². The van der Waals surface area contributed by atoms with Crippen LogP contribution in [-0.2, 0) is 0 Å². The first-order valence-electron chi connectivity index (χ1n) is 26.4. The Balaban J connectivity index is 0.000000380. The van der Waals surface area contributed by atoms with Crippen molar-refractivity contribution in [3.8, 4) is 0 Å². The lowest BCUT2D eigenvalue weighted by atomic mass is 9.95. The fourth-order valence-electron chi connectivity index (χ4n) is 9.33. The van der Waals surface area contributed by atoms with Crippen LogP contribution in [0.2, 0.25) is 0 Å². The monoisotopic (exact) mass is 930 g/mol. The van der Waals surface area contributed by atoms with Crippen LogP contribution in [0, 0.1) is 0 Å². The van der Waals surface area contributed by atoms with Crippen LogP contribution in [0.4, 0.5) is 0 Å². The van der Waals surface area contributed by atoms with Gasteiger partial charge in [-0.1, -0.05) is 13.8 Å². The van der Waals surface area contributed by atoms with Gasteiger partial charge in [-0.05, 0) is 175 Å². The fourth-order valence-corrected chi connectivity index (χ4v) is 9.33. The van der Waals surface area contributed by atoms with Gasteiger partial charge in [-0.3, -0.25) is 24.5 Å². The van der Waals surface area contributed by atoms with E-state index in [2.05, 4.69) is 132 Å². The largest absolute Gasteiger partial charge is 0.392 e. The van der Waals surface area contributed by atoms with E-state index in [0.29, 0.717) is 42.3 Å². The summed E-state index contributed by atoms with van der Waals surface area (Å²) in [5.41, 5.74) is -1.25. The summed E-state index contributed by atoms with van der Waals surface area (Å²) in [6.45, 7) is 48.1. The van der Waals surface area contributed by atoms with Gasteiger partial charge in [-0.15, -0.1) is 0 Å². The molecule has 7 aliphatic rings. The second-order valence-corrected chi connectivity index (χ2v) is 23.4. The standard InChI is InChI=1S/3C8H17NO.3C7H15NO.C7H15N/c2*1-7(2)9-5-4-8(3,10)6-9;1-6(2)9-7-4-3-5-8(7)10;1-6(2)8-4-7(3,9)5-8;2*1-6(2)8-4-3-7(9)5-8;1-7(2)8-5-3-4-6-8/h2*7,10H,4-6H2,1-3H3;6-10H,3-5H2,1-2H3;6,9H,4-5H2,1-3H3;2*6-7,9H,3-5H2,1-2H3;7H,3-6H2,1-2H3/t2*8-;7-,8+;;2*7-;/m101.10./s1. The Morgan fingerprint density at radius 3 is 0.923 bits per heavy atom. The Morgan fingerprint density at radius 1 is 0.400 bits per heavy atom. The highest BCUT2D eigenvalue weighted by Crippen LogP contribution is 2.24. The van der Waals surface area contributed by atoms with Gasteiger partial charge in [0, 0.05) is 114 Å². The van der Waals surface area contributed by atoms with E-state index < -0.39 is 16.8 Å². The Labute approximate surface area is 401 Å². The highest BCUT2D eigenvalue weighted by Gasteiger charge is 2.37. The second-order valence-electron chi connectivity index (χ2n) is 23.4. The fraction of sp³-hybridized carbons (Fsp3) is 1.00. The third-order valence-electron chi connectivity index (χ3n) is 14.0. The van der Waals surface area contributed by atoms with E-state index in [4.69, 9.17) is 10.2 Å². The molecule has 6 heterocycles. The molecule has 0 bridgehead atoms. The third-order valence-corrected chi connectivity index (χ3v) is 14.0. The SMILES string of the molecule is CC(C)N1CC(C)(O)C1.CC(C)N1CCCC1.CC(C)N1CC[C@@H](O)C1.CC(C)N1CC[C@@](C)(O)C1.CC(C)N1CC[C@H](O)C1.CC(C)N1CC[C@](C)(O)C1.CC(C)N[C@@H]1CCC[C@@H]1O. The Bertz CT molecular complexity index is 1150. The number of hydrogen-bond acceptors (Lipinski definition) is 13. The van der Waals surface area contributed by atoms with Crippen molar-refractivity contribution in [3.05, 3.63) is 0 Å². The van der Waals surface area contributed by atoms with Crippen molar-refractivity contribution in [1.29, 1.82) is 0 Å². The maximum Gasteiger partial charge on any atom is 0.0872 e. The number of β-amino-alcohol motifs (C(OH)–C–C–N with tert-alkyl or cyclic N) is 5. The Kier molecular flexibility index (Phi) is 29.1. The van der Waals surface area contributed by atoms with E-state index in [9.17, 15) is 20.4 Å². The van der Waals surface area contributed by atoms with E-state index in [1.54, 1.807) is 0 Å². The van der Waals surface area contributed by atoms with Crippen LogP contribution < -0.4 is 5.32 Å². The quantitative estimate of drug-likeness (QED) is 0.165. The molecule has 6 aliphatic heterocycles. The average Bonchev–Trinajstić information content (AvgIpc) is 4.04. The molecule has 0 aromatic heterocycles. The zero-order valence-corrected chi connectivity index (χ0v) is 45.6. The van der Waals surface area contributed by atoms with Crippen LogP contribution in [0.3, 0.4) is 0 Å². The number of aliphatic hydroxyl groups excluding tert-OH is 3. The van der Waals surface area contributed by atoms with E-state index in [1.807, 2.05) is 20.8 Å². The number of nitrogens with zero attached hydrogens (tertiary/aromatic N) is 6. The highest BCUT2D eigenvalue weighted by molar-refractivity contribution is 4.93. The van der Waals surface area contributed by atoms with Crippen LogP contribution >= 0.6 is 0 Å². The maximum absolute atomic E-state index is 9.57. The van der Waals surface area contributed by atoms with Gasteiger partial charge in [0.25, 0.3) is 0 Å². The molecule has 6 saturated heterocycles. The highest BCUT2D eigenvalue weighted by atomic mass is 16.3. The molecule has 13 heteroatoms. The van der Waals surface area contributed by atoms with Gasteiger partial charge >= 0.3 is 0 Å². The molecular formula is C52H111N7O6. The summed E-state index contributed by atoms with van der Waals surface area (Å²) in [7, 11) is 0. The first-order valence-corrected chi connectivity index (χ1v) is 26.4. The van der Waals surface area contributed by atoms with Crippen molar-refractivity contribution in [2.24, 2.45) is 0 Å². The molecule has 0 radical (unpaired) electrons. The van der Waals surface area contributed by atoms with Gasteiger partial charge in [0.05, 0.1) is 35.1 Å². The van der Waals surface area contributed by atoms with Crippen LogP contribution in [0.25, 0.3) is 0 Å². The van der Waals surface area contributed by atoms with Gasteiger partial charge in [0.15, 0.2) is 0 Å². The molecule has 65 heavy (non-hydrogen) atoms. The van der Waals surface area contributed by atoms with Crippen molar-refractivity contribution >= 4 is 0 Å². The zero-order valence-electron chi connectivity index (χ0n) is 45.6. The molecule has 6 atom stereocenters. The summed E-state index contributed by atoms with van der Waals surface area (Å²) in [5.74, 6) is 0. The number of rotatable bonds is 8. The molecule has 0 amide bonds. The molecule has 390 valence electrons. The Hall–Kier alpha value is -0.520. The van der Waals surface area contributed by atoms with Crippen LogP contribution in [-0.4, -0.2) is 222 Å². The smallest absolute Gasteiger partial charge is 0.0872 e. The molecular weight excluding hydrogens is 819 g/mol. The van der Waals surface area contributed by atoms with Crippen LogP contribution in [0.5, 0.6) is 0 Å². The van der Waals surface area contributed by atoms with Gasteiger partial charge in [0.1, 0.15) is 0 Å². The first-order chi connectivity index (χ1) is 29.9. The van der Waals surface area contributed by atoms with E-state index in [1.165, 1.54) is 32.4 Å². The minimum atomic E-state index is -0.426. The molecule has 0 spiro atoms. The summed E-state index contributed by atoms with van der Waals surface area (Å²) in [4.78, 5) is 14.0. The lowest BCUT2D eigenvalue weighted by Crippen LogP contribution is -2.61. The molecule has 7 fully saturated rings. The molecule has 1 aliphatic carbocycles. The Morgan fingerprint density at radius 2 is 0.754 bits per heavy atom. The minimum Gasteiger partial charge on any atom is -0.392 e. The van der Waals surface area contributed by atoms with Crippen molar-refractivity contribution in [2.75, 3.05) is 78.5 Å². The normalized spacial score (nSPS) is 30.9. The lowest BCUT2D eigenvalue weighted by molar-refractivity contribution is -0.0962. The van der Waals surface area contributed by atoms with Crippen molar-refractivity contribution in [2.45, 2.75) is 259 Å². The van der Waals surface area contributed by atoms with Gasteiger partial charge in [-0.25, -0.2) is 0 Å². The van der Waals surface area contributed by atoms with Gasteiger partial charge < -0.3 is 40.9 Å². The predicted molar refractivity (Wildman–Crippen MR) is 274 cm³/mol. The topological polar surface area (TPSA) is 153 Å². The van der Waals surface area contributed by atoms with Crippen molar-refractivity contribution in [3.63, 3.8) is 0 Å². The zero-order chi connectivity index (χ0) is 49.9. The number of hydrogen-bond donors (Lipinski definition) is 7. The summed E-state index contributed by atoms with van der Waals surface area (Å²) in [5, 5.41) is 59.4. The number of likely N-dealkylation sites (tertiary alicyclic amines) is 6. The molecule has 7 rings (SSSR count). The van der Waals surface area contributed by atoms with E-state index in [0.717, 1.165) is 110 Å². The van der Waals surface area contributed by atoms with Crippen LogP contribution in [0.1, 0.15) is 175 Å². The van der Waals surface area contributed by atoms with Gasteiger partial charge in [0.2, 0.25) is 0 Å². The molecule has 0 unspecified atom stereocenters. The van der Waals surface area contributed by atoms with Crippen molar-refractivity contribution in [1.82, 2.24) is 34.7 Å². The van der Waals surface area contributed by atoms with E-state index >= 15 is 0 Å². The van der Waals surface area contributed by atoms with E-state index in [-0.39, 0.29) is 18.3 Å². The third kappa shape index (κ3) is 26.9. The summed E-state index contributed by atoms with van der Waals surface area (Å²) in [6, 6.07) is 4.58. The molecule has 0 aromatic carbocycles. The molecule has 1 saturated carbocycles. The number of aliphatic hydroxyl groups is 6. The first kappa shape index (κ1) is 62.5. The summed E-state index contributed by atoms with van der Waals surface area (Å²) < 4.78 is 0. The lowest BCUT2D eigenvalue weighted by Gasteiger charge is -2.46. The number of nitrogens with one attached hydrogen (secondary N) is 1. The molecule has 13 nitrogen and oxygen atoms in total. The predicted octanol–water partition coefficient (Wildman–Crippen LogP) is 5.48. The van der Waals surface area contributed by atoms with Gasteiger partial charge in [-0.2, -0.15) is 0 Å². The maximum atomic E-state index is 9.57. The average molecular weight is 931 g/mol. The molecule has 0 aromatic rings. The molecule has 7 N–H and O–H groups in total. The van der Waals surface area contributed by atoms with Crippen LogP contribution in [0.15, 0.2) is 0 Å². The minimum absolute atomic E-state index is 0.0626. The summed E-state index contributed by atoms with van der Waals surface area (Å²) >= 11 is 0. The second kappa shape index (κ2) is 30.3. The summed E-state index contributed by atoms with van der Waals surface area (Å²) in [6.07, 6.45) is 9.65.